The fraction of sp³-hybridized carbons (Fsp3) is 0.375. The number of nitrogens with two attached hydrogens (primary N) is 1. The minimum Gasteiger partial charge on any atom is -0.383 e. The highest BCUT2D eigenvalue weighted by atomic mass is 32.1. The molecule has 1 heterocycles. The van der Waals surface area contributed by atoms with Crippen LogP contribution in [0.2, 0.25) is 0 Å². The molecular formula is C8H13N3S. The molecular weight excluding hydrogens is 170 g/mol. The van der Waals surface area contributed by atoms with Crippen LogP contribution < -0.4 is 11.1 Å². The number of nitrogens with zero attached hydrogens (tertiary/aromatic N) is 1. The molecule has 0 radical (unpaired) electrons. The van der Waals surface area contributed by atoms with E-state index in [1.54, 1.807) is 0 Å². The number of nitrogens with one attached hydrogen (secondary N) is 1. The maximum atomic E-state index is 5.59. The van der Waals surface area contributed by atoms with Crippen molar-refractivity contribution in [1.29, 1.82) is 0 Å². The van der Waals surface area contributed by atoms with Crippen molar-refractivity contribution in [2.24, 2.45) is 0 Å². The Balaban J connectivity index is 2.57. The molecule has 4 heteroatoms. The van der Waals surface area contributed by atoms with Gasteiger partial charge in [0, 0.05) is 12.1 Å². The summed E-state index contributed by atoms with van der Waals surface area (Å²) in [7, 11) is 0. The van der Waals surface area contributed by atoms with Gasteiger partial charge in [0.05, 0.1) is 0 Å². The van der Waals surface area contributed by atoms with Crippen LogP contribution >= 0.6 is 11.5 Å². The predicted octanol–water partition coefficient (Wildman–Crippen LogP) is 2.02. The quantitative estimate of drug-likeness (QED) is 0.705. The molecule has 1 rings (SSSR count). The van der Waals surface area contributed by atoms with E-state index in [1.165, 1.54) is 11.5 Å². The molecule has 0 aliphatic carbocycles. The number of hydrogen-bond donors (Lipinski definition) is 2. The molecule has 0 amide bonds. The van der Waals surface area contributed by atoms with Crippen molar-refractivity contribution in [3.63, 3.8) is 0 Å². The molecule has 0 unspecified atom stereocenters. The van der Waals surface area contributed by atoms with Crippen molar-refractivity contribution in [1.82, 2.24) is 4.37 Å². The van der Waals surface area contributed by atoms with Crippen molar-refractivity contribution in [2.75, 3.05) is 17.6 Å². The normalized spacial score (nSPS) is 10.8. The largest absolute Gasteiger partial charge is 0.383 e. The first kappa shape index (κ1) is 9.06. The standard InChI is InChI=1S/C8H13N3S/c1-3-4-5-10-8-6(2)7(9)11-12-8/h3-4,10H,5H2,1-2H3,(H2,9,11)/b4-3+. The van der Waals surface area contributed by atoms with Crippen LogP contribution in [0.15, 0.2) is 12.2 Å². The van der Waals surface area contributed by atoms with E-state index in [-0.39, 0.29) is 0 Å². The van der Waals surface area contributed by atoms with Crippen LogP contribution in [0.5, 0.6) is 0 Å². The highest BCUT2D eigenvalue weighted by molar-refractivity contribution is 7.10. The van der Waals surface area contributed by atoms with Crippen molar-refractivity contribution in [3.05, 3.63) is 17.7 Å². The molecule has 3 nitrogen and oxygen atoms in total. The summed E-state index contributed by atoms with van der Waals surface area (Å²) in [6.07, 6.45) is 4.06. The Labute approximate surface area is 76.5 Å². The number of hydrogen-bond acceptors (Lipinski definition) is 4. The first-order valence-electron chi connectivity index (χ1n) is 3.82. The van der Waals surface area contributed by atoms with Crippen molar-refractivity contribution in [2.45, 2.75) is 13.8 Å². The minimum absolute atomic E-state index is 0.628. The Bertz CT molecular complexity index is 278. The van der Waals surface area contributed by atoms with Gasteiger partial charge in [-0.3, -0.25) is 0 Å². The lowest BCUT2D eigenvalue weighted by atomic mass is 10.3. The van der Waals surface area contributed by atoms with Gasteiger partial charge in [-0.2, -0.15) is 4.37 Å². The zero-order valence-electron chi connectivity index (χ0n) is 7.29. The van der Waals surface area contributed by atoms with Gasteiger partial charge in [0.25, 0.3) is 0 Å². The van der Waals surface area contributed by atoms with E-state index in [1.807, 2.05) is 19.9 Å². The third kappa shape index (κ3) is 1.98. The third-order valence-electron chi connectivity index (χ3n) is 1.58. The number of rotatable bonds is 3. The van der Waals surface area contributed by atoms with Crippen LogP contribution in [0.4, 0.5) is 10.8 Å². The van der Waals surface area contributed by atoms with Crippen LogP contribution in [-0.2, 0) is 0 Å². The number of allylic oxidation sites excluding steroid dienone is 1. The van der Waals surface area contributed by atoms with E-state index in [2.05, 4.69) is 15.8 Å². The van der Waals surface area contributed by atoms with E-state index in [0.717, 1.165) is 17.1 Å². The van der Waals surface area contributed by atoms with Crippen LogP contribution in [0.1, 0.15) is 12.5 Å². The molecule has 0 saturated heterocycles. The van der Waals surface area contributed by atoms with E-state index in [9.17, 15) is 0 Å². The number of nitrogen functional groups attached to an aromatic ring is 1. The first-order chi connectivity index (χ1) is 5.75. The van der Waals surface area contributed by atoms with Gasteiger partial charge in [-0.05, 0) is 25.4 Å². The second-order valence-electron chi connectivity index (χ2n) is 2.47. The summed E-state index contributed by atoms with van der Waals surface area (Å²) in [5.41, 5.74) is 6.63. The molecule has 0 aliphatic rings. The topological polar surface area (TPSA) is 50.9 Å². The summed E-state index contributed by atoms with van der Waals surface area (Å²) in [4.78, 5) is 0. The molecule has 66 valence electrons. The van der Waals surface area contributed by atoms with Crippen LogP contribution in [0.25, 0.3) is 0 Å². The molecule has 1 aromatic heterocycles. The average Bonchev–Trinajstić information content (AvgIpc) is 2.36. The lowest BCUT2D eigenvalue weighted by molar-refractivity contribution is 1.33. The van der Waals surface area contributed by atoms with E-state index in [4.69, 9.17) is 5.73 Å². The molecule has 0 aliphatic heterocycles. The maximum Gasteiger partial charge on any atom is 0.142 e. The summed E-state index contributed by atoms with van der Waals surface area (Å²) >= 11 is 1.41. The van der Waals surface area contributed by atoms with Gasteiger partial charge in [0.1, 0.15) is 10.8 Å². The Morgan fingerprint density at radius 1 is 1.67 bits per heavy atom. The van der Waals surface area contributed by atoms with Gasteiger partial charge in [-0.15, -0.1) is 0 Å². The smallest absolute Gasteiger partial charge is 0.142 e. The summed E-state index contributed by atoms with van der Waals surface area (Å²) in [5.74, 6) is 0.628. The first-order valence-corrected chi connectivity index (χ1v) is 4.59. The van der Waals surface area contributed by atoms with Gasteiger partial charge in [0.15, 0.2) is 0 Å². The molecule has 0 atom stereocenters. The Kier molecular flexibility index (Phi) is 3.10. The highest BCUT2D eigenvalue weighted by Crippen LogP contribution is 2.24. The fourth-order valence-corrected chi connectivity index (χ4v) is 1.50. The van der Waals surface area contributed by atoms with Crippen LogP contribution in [-0.4, -0.2) is 10.9 Å². The third-order valence-corrected chi connectivity index (χ3v) is 2.50. The average molecular weight is 183 g/mol. The van der Waals surface area contributed by atoms with Gasteiger partial charge < -0.3 is 11.1 Å². The Hall–Kier alpha value is -1.03. The van der Waals surface area contributed by atoms with E-state index < -0.39 is 0 Å². The van der Waals surface area contributed by atoms with Gasteiger partial charge in [0.2, 0.25) is 0 Å². The van der Waals surface area contributed by atoms with Gasteiger partial charge in [-0.25, -0.2) is 0 Å². The number of aromatic nitrogens is 1. The van der Waals surface area contributed by atoms with Crippen LogP contribution in [0, 0.1) is 6.92 Å². The molecule has 0 saturated carbocycles. The number of anilines is 2. The lowest BCUT2D eigenvalue weighted by Crippen LogP contribution is -1.97. The SMILES string of the molecule is C/C=C/CNc1snc(N)c1C. The molecule has 1 aromatic rings. The maximum absolute atomic E-state index is 5.59. The summed E-state index contributed by atoms with van der Waals surface area (Å²) in [6, 6.07) is 0. The molecule has 12 heavy (non-hydrogen) atoms. The monoisotopic (exact) mass is 183 g/mol. The summed E-state index contributed by atoms with van der Waals surface area (Å²) in [6.45, 7) is 4.80. The second kappa shape index (κ2) is 4.11. The van der Waals surface area contributed by atoms with Crippen molar-refractivity contribution < 1.29 is 0 Å². The minimum atomic E-state index is 0.628. The van der Waals surface area contributed by atoms with E-state index in [0.29, 0.717) is 5.82 Å². The fourth-order valence-electron chi connectivity index (χ4n) is 0.782. The highest BCUT2D eigenvalue weighted by Gasteiger charge is 2.03. The zero-order chi connectivity index (χ0) is 8.97. The van der Waals surface area contributed by atoms with E-state index >= 15 is 0 Å². The van der Waals surface area contributed by atoms with Crippen molar-refractivity contribution >= 4 is 22.4 Å². The Morgan fingerprint density at radius 2 is 2.42 bits per heavy atom. The summed E-state index contributed by atoms with van der Waals surface area (Å²) < 4.78 is 4.03. The van der Waals surface area contributed by atoms with Gasteiger partial charge >= 0.3 is 0 Å². The van der Waals surface area contributed by atoms with Crippen LogP contribution in [0.3, 0.4) is 0 Å². The van der Waals surface area contributed by atoms with Crippen molar-refractivity contribution in [3.8, 4) is 0 Å². The molecule has 0 spiro atoms. The van der Waals surface area contributed by atoms with Gasteiger partial charge in [-0.1, -0.05) is 12.2 Å². The molecule has 0 bridgehead atoms. The molecule has 3 N–H and O–H groups in total. The lowest BCUT2D eigenvalue weighted by Gasteiger charge is -1.98. The summed E-state index contributed by atoms with van der Waals surface area (Å²) in [5, 5.41) is 4.28. The molecule has 0 fully saturated rings. The zero-order valence-corrected chi connectivity index (χ0v) is 8.11. The second-order valence-corrected chi connectivity index (χ2v) is 3.25. The molecule has 0 aromatic carbocycles. The predicted molar refractivity (Wildman–Crippen MR) is 54.6 cm³/mol. The Morgan fingerprint density at radius 3 is 2.92 bits per heavy atom.